The normalized spacial score (nSPS) is 11.6. The SMILES string of the molecule is Cc1ccc(NS(=O)(=O)c2ccccc2C(C)C)c(OCc2ccc(/C=C/C(=O)O)cc2)c1. The van der Waals surface area contributed by atoms with E-state index >= 15 is 0 Å². The highest BCUT2D eigenvalue weighted by Gasteiger charge is 2.21. The highest BCUT2D eigenvalue weighted by Crippen LogP contribution is 2.31. The van der Waals surface area contributed by atoms with E-state index in [1.807, 2.05) is 51.1 Å². The second kappa shape index (κ2) is 10.4. The van der Waals surface area contributed by atoms with Crippen LogP contribution in [0.25, 0.3) is 6.08 Å². The van der Waals surface area contributed by atoms with Crippen molar-refractivity contribution in [2.75, 3.05) is 4.72 Å². The number of ether oxygens (including phenoxy) is 1. The number of rotatable bonds is 9. The Morgan fingerprint density at radius 3 is 2.42 bits per heavy atom. The van der Waals surface area contributed by atoms with Gasteiger partial charge in [0.05, 0.1) is 10.6 Å². The molecule has 0 unspecified atom stereocenters. The lowest BCUT2D eigenvalue weighted by molar-refractivity contribution is -0.131. The predicted molar refractivity (Wildman–Crippen MR) is 130 cm³/mol. The lowest BCUT2D eigenvalue weighted by atomic mass is 10.0. The third kappa shape index (κ3) is 6.46. The molecule has 0 bridgehead atoms. The molecule has 0 saturated heterocycles. The molecule has 0 aliphatic heterocycles. The van der Waals surface area contributed by atoms with Crippen LogP contribution in [0.1, 0.15) is 42.0 Å². The third-order valence-electron chi connectivity index (χ3n) is 5.00. The van der Waals surface area contributed by atoms with Crippen LogP contribution >= 0.6 is 0 Å². The number of aryl methyl sites for hydroxylation is 1. The Hall–Kier alpha value is -3.58. The molecule has 3 aromatic rings. The van der Waals surface area contributed by atoms with E-state index in [4.69, 9.17) is 9.84 Å². The maximum Gasteiger partial charge on any atom is 0.328 e. The van der Waals surface area contributed by atoms with Gasteiger partial charge in [0.15, 0.2) is 0 Å². The average Bonchev–Trinajstić information content (AvgIpc) is 2.78. The summed E-state index contributed by atoms with van der Waals surface area (Å²) in [6.45, 7) is 6.04. The standard InChI is InChI=1S/C26H27NO5S/c1-18(2)22-6-4-5-7-25(22)33(30,31)27-23-14-8-19(3)16-24(23)32-17-21-11-9-20(10-12-21)13-15-26(28)29/h4-16,18,27H,17H2,1-3H3,(H,28,29)/b15-13+. The summed E-state index contributed by atoms with van der Waals surface area (Å²) in [6, 6.07) is 19.5. The lowest BCUT2D eigenvalue weighted by Gasteiger charge is -2.17. The molecule has 0 fully saturated rings. The van der Waals surface area contributed by atoms with Crippen LogP contribution in [0.3, 0.4) is 0 Å². The quantitative estimate of drug-likeness (QED) is 0.402. The van der Waals surface area contributed by atoms with Gasteiger partial charge in [0.25, 0.3) is 10.0 Å². The number of carboxylic acids is 1. The number of benzene rings is 3. The molecule has 3 rings (SSSR count). The molecular weight excluding hydrogens is 438 g/mol. The van der Waals surface area contributed by atoms with Crippen LogP contribution < -0.4 is 9.46 Å². The number of aliphatic carboxylic acids is 1. The molecule has 7 heteroatoms. The molecule has 2 N–H and O–H groups in total. The molecule has 33 heavy (non-hydrogen) atoms. The summed E-state index contributed by atoms with van der Waals surface area (Å²) in [7, 11) is -3.81. The molecule has 0 saturated carbocycles. The van der Waals surface area contributed by atoms with E-state index in [0.29, 0.717) is 11.4 Å². The van der Waals surface area contributed by atoms with E-state index in [-0.39, 0.29) is 17.4 Å². The Morgan fingerprint density at radius 2 is 1.76 bits per heavy atom. The molecule has 0 aromatic heterocycles. The van der Waals surface area contributed by atoms with Crippen LogP contribution in [0, 0.1) is 6.92 Å². The number of carboxylic acid groups (broad SMARTS) is 1. The first kappa shape index (κ1) is 24.1. The van der Waals surface area contributed by atoms with E-state index < -0.39 is 16.0 Å². The number of sulfonamides is 1. The summed E-state index contributed by atoms with van der Waals surface area (Å²) in [4.78, 5) is 10.9. The van der Waals surface area contributed by atoms with E-state index in [0.717, 1.165) is 28.3 Å². The van der Waals surface area contributed by atoms with Gasteiger partial charge in [-0.05, 0) is 59.4 Å². The molecule has 0 aliphatic rings. The zero-order chi connectivity index (χ0) is 24.0. The fraction of sp³-hybridized carbons (Fsp3) is 0.192. The van der Waals surface area contributed by atoms with Gasteiger partial charge in [-0.1, -0.05) is 62.4 Å². The Balaban J connectivity index is 1.81. The van der Waals surface area contributed by atoms with Gasteiger partial charge in [0.2, 0.25) is 0 Å². The first-order valence-corrected chi connectivity index (χ1v) is 12.0. The smallest absolute Gasteiger partial charge is 0.328 e. The van der Waals surface area contributed by atoms with E-state index in [2.05, 4.69) is 4.72 Å². The summed E-state index contributed by atoms with van der Waals surface area (Å²) in [5.74, 6) is -0.525. The Morgan fingerprint density at radius 1 is 1.06 bits per heavy atom. The van der Waals surface area contributed by atoms with Gasteiger partial charge in [-0.2, -0.15) is 0 Å². The van der Waals surface area contributed by atoms with Crippen molar-refractivity contribution in [3.63, 3.8) is 0 Å². The molecule has 3 aromatic carbocycles. The van der Waals surface area contributed by atoms with Crippen molar-refractivity contribution < 1.29 is 23.1 Å². The lowest BCUT2D eigenvalue weighted by Crippen LogP contribution is -2.16. The highest BCUT2D eigenvalue weighted by molar-refractivity contribution is 7.92. The van der Waals surface area contributed by atoms with Crippen LogP contribution in [0.4, 0.5) is 5.69 Å². The van der Waals surface area contributed by atoms with E-state index in [1.54, 1.807) is 36.4 Å². The fourth-order valence-electron chi connectivity index (χ4n) is 3.29. The van der Waals surface area contributed by atoms with E-state index in [9.17, 15) is 13.2 Å². The topological polar surface area (TPSA) is 92.7 Å². The number of carbonyl (C=O) groups is 1. The second-order valence-electron chi connectivity index (χ2n) is 8.00. The minimum absolute atomic E-state index is 0.0554. The summed E-state index contributed by atoms with van der Waals surface area (Å²) in [5.41, 5.74) is 3.67. The minimum atomic E-state index is -3.81. The molecule has 0 atom stereocenters. The third-order valence-corrected chi connectivity index (χ3v) is 6.44. The number of hydrogen-bond acceptors (Lipinski definition) is 4. The molecule has 172 valence electrons. The van der Waals surface area contributed by atoms with Crippen molar-refractivity contribution in [2.45, 2.75) is 38.2 Å². The van der Waals surface area contributed by atoms with Crippen molar-refractivity contribution in [2.24, 2.45) is 0 Å². The zero-order valence-corrected chi connectivity index (χ0v) is 19.6. The van der Waals surface area contributed by atoms with E-state index in [1.165, 1.54) is 6.08 Å². The van der Waals surface area contributed by atoms with Gasteiger partial charge in [-0.15, -0.1) is 0 Å². The van der Waals surface area contributed by atoms with Gasteiger partial charge in [-0.3, -0.25) is 4.72 Å². The van der Waals surface area contributed by atoms with Crippen LogP contribution in [-0.2, 0) is 21.4 Å². The number of hydrogen-bond donors (Lipinski definition) is 2. The first-order chi connectivity index (χ1) is 15.7. The van der Waals surface area contributed by atoms with Gasteiger partial charge < -0.3 is 9.84 Å². The maximum absolute atomic E-state index is 13.2. The van der Waals surface area contributed by atoms with Crippen LogP contribution in [0.15, 0.2) is 77.7 Å². The summed E-state index contributed by atoms with van der Waals surface area (Å²) in [6.07, 6.45) is 2.59. The predicted octanol–water partition coefficient (Wildman–Crippen LogP) is 5.60. The van der Waals surface area contributed by atoms with Crippen molar-refractivity contribution in [3.05, 3.63) is 95.1 Å². The summed E-state index contributed by atoms with van der Waals surface area (Å²) < 4.78 is 35.0. The average molecular weight is 466 g/mol. The minimum Gasteiger partial charge on any atom is -0.487 e. The Kier molecular flexibility index (Phi) is 7.55. The summed E-state index contributed by atoms with van der Waals surface area (Å²) >= 11 is 0. The van der Waals surface area contributed by atoms with Gasteiger partial charge in [0, 0.05) is 6.08 Å². The first-order valence-electron chi connectivity index (χ1n) is 10.5. The second-order valence-corrected chi connectivity index (χ2v) is 9.65. The zero-order valence-electron chi connectivity index (χ0n) is 18.8. The Bertz CT molecular complexity index is 1260. The molecule has 0 radical (unpaired) electrons. The largest absolute Gasteiger partial charge is 0.487 e. The van der Waals surface area contributed by atoms with Crippen LogP contribution in [0.2, 0.25) is 0 Å². The van der Waals surface area contributed by atoms with Crippen molar-refractivity contribution in [3.8, 4) is 5.75 Å². The number of anilines is 1. The fourth-order valence-corrected chi connectivity index (χ4v) is 4.73. The van der Waals surface area contributed by atoms with Gasteiger partial charge in [-0.25, -0.2) is 13.2 Å². The molecular formula is C26H27NO5S. The van der Waals surface area contributed by atoms with Gasteiger partial charge >= 0.3 is 5.97 Å². The molecule has 0 heterocycles. The monoisotopic (exact) mass is 465 g/mol. The number of nitrogens with one attached hydrogen (secondary N) is 1. The molecule has 0 amide bonds. The van der Waals surface area contributed by atoms with Crippen molar-refractivity contribution in [1.29, 1.82) is 0 Å². The Labute approximate surface area is 194 Å². The molecule has 0 spiro atoms. The maximum atomic E-state index is 13.2. The van der Waals surface area contributed by atoms with Gasteiger partial charge in [0.1, 0.15) is 12.4 Å². The van der Waals surface area contributed by atoms with Crippen LogP contribution in [0.5, 0.6) is 5.75 Å². The van der Waals surface area contributed by atoms with Crippen LogP contribution in [-0.4, -0.2) is 19.5 Å². The van der Waals surface area contributed by atoms with Crippen molar-refractivity contribution in [1.82, 2.24) is 0 Å². The highest BCUT2D eigenvalue weighted by atomic mass is 32.2. The van der Waals surface area contributed by atoms with Crippen molar-refractivity contribution >= 4 is 27.8 Å². The molecule has 6 nitrogen and oxygen atoms in total. The molecule has 0 aliphatic carbocycles. The summed E-state index contributed by atoms with van der Waals surface area (Å²) in [5, 5.41) is 8.73.